The molecule has 3 heterocycles. The predicted octanol–water partition coefficient (Wildman–Crippen LogP) is 3.56. The fourth-order valence-electron chi connectivity index (χ4n) is 4.60. The highest BCUT2D eigenvalue weighted by atomic mass is 35.5. The van der Waals surface area contributed by atoms with E-state index in [0.29, 0.717) is 5.02 Å². The summed E-state index contributed by atoms with van der Waals surface area (Å²) in [4.78, 5) is 13.2. The minimum atomic E-state index is -0.902. The highest BCUT2D eigenvalue weighted by Crippen LogP contribution is 2.47. The van der Waals surface area contributed by atoms with Crippen molar-refractivity contribution in [3.05, 3.63) is 64.3 Å². The van der Waals surface area contributed by atoms with E-state index in [1.165, 1.54) is 10.9 Å². The molecule has 25 heavy (non-hydrogen) atoms. The van der Waals surface area contributed by atoms with Gasteiger partial charge in [0.2, 0.25) is 0 Å². The highest BCUT2D eigenvalue weighted by Gasteiger charge is 2.54. The van der Waals surface area contributed by atoms with Gasteiger partial charge in [-0.15, -0.1) is 0 Å². The number of fused-ring (bicyclic) bond motifs is 6. The van der Waals surface area contributed by atoms with E-state index in [4.69, 9.17) is 11.6 Å². The van der Waals surface area contributed by atoms with Crippen molar-refractivity contribution in [1.82, 2.24) is 9.88 Å². The van der Waals surface area contributed by atoms with Crippen molar-refractivity contribution in [1.29, 1.82) is 0 Å². The van der Waals surface area contributed by atoms with E-state index in [0.717, 1.165) is 28.9 Å². The minimum absolute atomic E-state index is 0.0385. The van der Waals surface area contributed by atoms with Crippen LogP contribution in [0.3, 0.4) is 0 Å². The van der Waals surface area contributed by atoms with E-state index < -0.39 is 5.54 Å². The topological polar surface area (TPSA) is 46.1 Å². The summed E-state index contributed by atoms with van der Waals surface area (Å²) >= 11 is 6.28. The normalized spacial score (nSPS) is 24.4. The second-order valence-corrected chi connectivity index (χ2v) is 7.48. The van der Waals surface area contributed by atoms with Gasteiger partial charge in [0.1, 0.15) is 0 Å². The van der Waals surface area contributed by atoms with Crippen LogP contribution in [0.1, 0.15) is 23.7 Å². The van der Waals surface area contributed by atoms with Gasteiger partial charge in [-0.25, -0.2) is 0 Å². The van der Waals surface area contributed by atoms with Crippen LogP contribution in [-0.2, 0) is 23.8 Å². The van der Waals surface area contributed by atoms with Gasteiger partial charge in [-0.1, -0.05) is 29.8 Å². The maximum absolute atomic E-state index is 13.2. The summed E-state index contributed by atoms with van der Waals surface area (Å²) in [5.41, 5.74) is 4.24. The zero-order valence-corrected chi connectivity index (χ0v) is 14.8. The number of aryl methyl sites for hydroxylation is 1. The van der Waals surface area contributed by atoms with Gasteiger partial charge in [0.05, 0.1) is 5.69 Å². The molecule has 2 aromatic carbocycles. The number of aromatic nitrogens is 1. The van der Waals surface area contributed by atoms with Crippen LogP contribution >= 0.6 is 11.6 Å². The Morgan fingerprint density at radius 2 is 2.04 bits per heavy atom. The van der Waals surface area contributed by atoms with Crippen LogP contribution in [0.15, 0.2) is 42.5 Å². The summed E-state index contributed by atoms with van der Waals surface area (Å²) in [6.45, 7) is 2.13. The summed E-state index contributed by atoms with van der Waals surface area (Å²) in [6, 6.07) is 14.1. The highest BCUT2D eigenvalue weighted by molar-refractivity contribution is 6.31. The van der Waals surface area contributed by atoms with Crippen LogP contribution < -0.4 is 10.6 Å². The smallest absolute Gasteiger partial charge is 0.255 e. The summed E-state index contributed by atoms with van der Waals surface area (Å²) in [5.74, 6) is -0.0385. The average molecular weight is 352 g/mol. The number of hydrogen-bond acceptors (Lipinski definition) is 2. The van der Waals surface area contributed by atoms with Crippen molar-refractivity contribution < 1.29 is 4.79 Å². The molecular weight excluding hydrogens is 334 g/mol. The average Bonchev–Trinajstić information content (AvgIpc) is 3.02. The number of carbonyl (C=O) groups is 1. The third-order valence-corrected chi connectivity index (χ3v) is 5.75. The first kappa shape index (κ1) is 15.0. The van der Waals surface area contributed by atoms with Gasteiger partial charge in [-0.05, 0) is 43.2 Å². The van der Waals surface area contributed by atoms with Crippen LogP contribution in [0, 0.1) is 0 Å². The number of halogens is 1. The number of carbonyl (C=O) groups excluding carboxylic acids is 1. The second-order valence-electron chi connectivity index (χ2n) is 7.05. The fourth-order valence-corrected chi connectivity index (χ4v) is 4.78. The molecule has 1 aromatic heterocycles. The van der Waals surface area contributed by atoms with Crippen LogP contribution in [0.25, 0.3) is 10.9 Å². The van der Waals surface area contributed by atoms with Gasteiger partial charge in [0.15, 0.2) is 5.54 Å². The quantitative estimate of drug-likeness (QED) is 0.650. The third-order valence-electron chi connectivity index (χ3n) is 5.51. The fraction of sp³-hybridized carbons (Fsp3) is 0.250. The molecule has 0 bridgehead atoms. The molecule has 1 spiro atoms. The molecule has 2 aliphatic heterocycles. The lowest BCUT2D eigenvalue weighted by Gasteiger charge is -2.38. The number of benzene rings is 2. The number of anilines is 1. The molecule has 126 valence electrons. The first-order valence-electron chi connectivity index (χ1n) is 8.48. The molecule has 3 aromatic rings. The van der Waals surface area contributed by atoms with Gasteiger partial charge >= 0.3 is 0 Å². The molecule has 2 atom stereocenters. The zero-order valence-electron chi connectivity index (χ0n) is 14.1. The lowest BCUT2D eigenvalue weighted by Crippen LogP contribution is -2.57. The van der Waals surface area contributed by atoms with Gasteiger partial charge in [-0.3, -0.25) is 10.1 Å². The Balaban J connectivity index is 1.92. The van der Waals surface area contributed by atoms with Crippen molar-refractivity contribution in [2.45, 2.75) is 24.9 Å². The molecule has 5 heteroatoms. The second kappa shape index (κ2) is 4.87. The van der Waals surface area contributed by atoms with Crippen molar-refractivity contribution in [2.24, 2.45) is 7.05 Å². The number of nitrogens with one attached hydrogen (secondary N) is 2. The lowest BCUT2D eigenvalue weighted by atomic mass is 9.79. The summed E-state index contributed by atoms with van der Waals surface area (Å²) in [5, 5.41) is 8.49. The molecule has 0 fully saturated rings. The molecular formula is C20H18ClN3O. The number of rotatable bonds is 0. The first-order valence-corrected chi connectivity index (χ1v) is 8.86. The standard InChI is InChI=1S/C20H18ClN3O/c1-11-9-14-13-5-3-4-6-17(13)24(2)18(14)20(23-11)15-10-12(21)7-8-16(15)22-19(20)25/h3-8,10-11,23H,9H2,1-2H3,(H,22,25)/t11-,20+/m0/s1. The van der Waals surface area contributed by atoms with E-state index in [2.05, 4.69) is 40.3 Å². The van der Waals surface area contributed by atoms with Gasteiger partial charge in [-0.2, -0.15) is 0 Å². The van der Waals surface area contributed by atoms with E-state index in [1.807, 2.05) is 31.3 Å². The molecule has 0 radical (unpaired) electrons. The van der Waals surface area contributed by atoms with Gasteiger partial charge in [0.25, 0.3) is 5.91 Å². The molecule has 1 amide bonds. The van der Waals surface area contributed by atoms with Crippen LogP contribution in [0.2, 0.25) is 5.02 Å². The van der Waals surface area contributed by atoms with Crippen molar-refractivity contribution in [3.63, 3.8) is 0 Å². The number of hydrogen-bond donors (Lipinski definition) is 2. The minimum Gasteiger partial charge on any atom is -0.345 e. The Kier molecular flexibility index (Phi) is 2.92. The Labute approximate surface area is 150 Å². The molecule has 0 saturated heterocycles. The van der Waals surface area contributed by atoms with Crippen molar-refractivity contribution in [2.75, 3.05) is 5.32 Å². The molecule has 2 N–H and O–H groups in total. The first-order chi connectivity index (χ1) is 12.0. The summed E-state index contributed by atoms with van der Waals surface area (Å²) < 4.78 is 2.15. The predicted molar refractivity (Wildman–Crippen MR) is 100 cm³/mol. The largest absolute Gasteiger partial charge is 0.345 e. The monoisotopic (exact) mass is 351 g/mol. The molecule has 5 rings (SSSR count). The number of para-hydroxylation sites is 1. The Hall–Kier alpha value is -2.30. The van der Waals surface area contributed by atoms with Crippen LogP contribution in [-0.4, -0.2) is 16.5 Å². The summed E-state index contributed by atoms with van der Waals surface area (Å²) in [6.07, 6.45) is 0.890. The van der Waals surface area contributed by atoms with E-state index >= 15 is 0 Å². The zero-order chi connectivity index (χ0) is 17.3. The maximum atomic E-state index is 13.2. The number of amides is 1. The summed E-state index contributed by atoms with van der Waals surface area (Å²) in [7, 11) is 2.04. The van der Waals surface area contributed by atoms with Crippen molar-refractivity contribution in [3.8, 4) is 0 Å². The number of nitrogens with zero attached hydrogens (tertiary/aromatic N) is 1. The van der Waals surface area contributed by atoms with Gasteiger partial charge < -0.3 is 9.88 Å². The molecule has 0 aliphatic carbocycles. The third kappa shape index (κ3) is 1.78. The van der Waals surface area contributed by atoms with E-state index in [-0.39, 0.29) is 11.9 Å². The van der Waals surface area contributed by atoms with Crippen LogP contribution in [0.4, 0.5) is 5.69 Å². The SMILES string of the molecule is C[C@H]1Cc2c(n(C)c3ccccc23)[C@@]2(N1)C(=O)Nc1ccc(Cl)cc12. The van der Waals surface area contributed by atoms with Crippen LogP contribution in [0.5, 0.6) is 0 Å². The molecule has 0 saturated carbocycles. The Bertz CT molecular complexity index is 1050. The van der Waals surface area contributed by atoms with E-state index in [9.17, 15) is 4.79 Å². The molecule has 2 aliphatic rings. The van der Waals surface area contributed by atoms with Gasteiger partial charge in [0, 0.05) is 40.3 Å². The molecule has 4 nitrogen and oxygen atoms in total. The Morgan fingerprint density at radius 1 is 1.24 bits per heavy atom. The maximum Gasteiger partial charge on any atom is 0.255 e. The van der Waals surface area contributed by atoms with Crippen molar-refractivity contribution >= 4 is 34.1 Å². The lowest BCUT2D eigenvalue weighted by molar-refractivity contribution is -0.121. The van der Waals surface area contributed by atoms with E-state index in [1.54, 1.807) is 0 Å². The molecule has 0 unspecified atom stereocenters. The Morgan fingerprint density at radius 3 is 2.88 bits per heavy atom.